The number of nitrogens with zero attached hydrogens (tertiary/aromatic N) is 3. The second kappa shape index (κ2) is 13.0. The van der Waals surface area contributed by atoms with Gasteiger partial charge in [0.1, 0.15) is 12.1 Å². The molecular formula is C33H34N6O3S2. The maximum atomic E-state index is 13.4. The van der Waals surface area contributed by atoms with Crippen LogP contribution in [0.4, 0.5) is 17.2 Å². The summed E-state index contributed by atoms with van der Waals surface area (Å²) in [7, 11) is -3.38. The Labute approximate surface area is 262 Å². The fourth-order valence-corrected chi connectivity index (χ4v) is 5.96. The molecule has 226 valence electrons. The van der Waals surface area contributed by atoms with E-state index in [9.17, 15) is 13.2 Å². The van der Waals surface area contributed by atoms with Crippen LogP contribution in [0.3, 0.4) is 0 Å². The van der Waals surface area contributed by atoms with Crippen LogP contribution in [-0.2, 0) is 10.0 Å². The van der Waals surface area contributed by atoms with Crippen molar-refractivity contribution in [2.75, 3.05) is 16.3 Å². The van der Waals surface area contributed by atoms with Gasteiger partial charge in [0.05, 0.1) is 23.4 Å². The minimum Gasteiger partial charge on any atom is -0.346 e. The highest BCUT2D eigenvalue weighted by atomic mass is 32.2. The molecule has 3 N–H and O–H groups in total. The topological polar surface area (TPSA) is 126 Å². The van der Waals surface area contributed by atoms with Crippen molar-refractivity contribution in [3.63, 3.8) is 0 Å². The summed E-state index contributed by atoms with van der Waals surface area (Å²) in [6.45, 7) is 8.15. The molecule has 44 heavy (non-hydrogen) atoms. The number of rotatable bonds is 10. The molecule has 1 unspecified atom stereocenters. The zero-order chi connectivity index (χ0) is 31.4. The lowest BCUT2D eigenvalue weighted by Crippen LogP contribution is -2.26. The standard InChI is InChI=1S/C33H34N6O3S2/c1-20(2)28-16-15-27-31(37-28)34-19-35-32(27)38-29-18-24(33(40)36-22(4)23-8-6-21(3)7-9-23)10-17-30(29)43-26-13-11-25(12-14-26)39-44(5,41)42/h6-20,22,39H,1-5H3,(H,36,40)(H,34,35,37,38). The molecule has 2 aromatic heterocycles. The lowest BCUT2D eigenvalue weighted by molar-refractivity contribution is 0.0940. The second-order valence-corrected chi connectivity index (χ2v) is 13.8. The third-order valence-corrected chi connectivity index (χ3v) is 8.61. The van der Waals surface area contributed by atoms with Gasteiger partial charge < -0.3 is 10.6 Å². The number of aromatic nitrogens is 3. The smallest absolute Gasteiger partial charge is 0.251 e. The minimum atomic E-state index is -3.38. The number of hydrogen-bond donors (Lipinski definition) is 3. The number of nitrogens with one attached hydrogen (secondary N) is 3. The summed E-state index contributed by atoms with van der Waals surface area (Å²) in [6.07, 6.45) is 2.59. The van der Waals surface area contributed by atoms with Gasteiger partial charge in [0.2, 0.25) is 10.0 Å². The molecule has 2 heterocycles. The summed E-state index contributed by atoms with van der Waals surface area (Å²) in [4.78, 5) is 28.7. The fourth-order valence-electron chi connectivity index (χ4n) is 4.51. The van der Waals surface area contributed by atoms with E-state index in [-0.39, 0.29) is 17.9 Å². The van der Waals surface area contributed by atoms with Crippen LogP contribution in [0.1, 0.15) is 59.9 Å². The van der Waals surface area contributed by atoms with E-state index in [1.807, 2.05) is 74.5 Å². The van der Waals surface area contributed by atoms with Gasteiger partial charge >= 0.3 is 0 Å². The molecule has 0 saturated heterocycles. The van der Waals surface area contributed by atoms with Crippen LogP contribution in [-0.4, -0.2) is 35.5 Å². The molecule has 1 atom stereocenters. The molecule has 11 heteroatoms. The zero-order valence-electron chi connectivity index (χ0n) is 25.1. The molecule has 0 spiro atoms. The number of carbonyl (C=O) groups is 1. The molecule has 0 fully saturated rings. The van der Waals surface area contributed by atoms with Crippen LogP contribution >= 0.6 is 11.8 Å². The van der Waals surface area contributed by atoms with E-state index < -0.39 is 10.0 Å². The van der Waals surface area contributed by atoms with Crippen LogP contribution in [0, 0.1) is 6.92 Å². The van der Waals surface area contributed by atoms with Crippen LogP contribution in [0.25, 0.3) is 11.0 Å². The Morgan fingerprint density at radius 3 is 2.30 bits per heavy atom. The summed E-state index contributed by atoms with van der Waals surface area (Å²) in [5.41, 5.74) is 5.34. The summed E-state index contributed by atoms with van der Waals surface area (Å²) < 4.78 is 25.7. The average Bonchev–Trinajstić information content (AvgIpc) is 2.98. The van der Waals surface area contributed by atoms with E-state index in [2.05, 4.69) is 39.2 Å². The van der Waals surface area contributed by atoms with Crippen molar-refractivity contribution in [2.24, 2.45) is 0 Å². The first-order valence-corrected chi connectivity index (χ1v) is 16.8. The number of sulfonamides is 1. The number of aryl methyl sites for hydroxylation is 1. The molecule has 0 saturated carbocycles. The molecule has 0 radical (unpaired) electrons. The first-order chi connectivity index (χ1) is 20.9. The zero-order valence-corrected chi connectivity index (χ0v) is 26.8. The number of pyridine rings is 1. The molecule has 5 rings (SSSR count). The Balaban J connectivity index is 1.47. The Hall–Kier alpha value is -4.48. The van der Waals surface area contributed by atoms with Crippen molar-refractivity contribution in [2.45, 2.75) is 49.4 Å². The van der Waals surface area contributed by atoms with Gasteiger partial charge in [-0.3, -0.25) is 9.52 Å². The van der Waals surface area contributed by atoms with Gasteiger partial charge in [0.25, 0.3) is 5.91 Å². The number of fused-ring (bicyclic) bond motifs is 1. The Morgan fingerprint density at radius 2 is 1.61 bits per heavy atom. The van der Waals surface area contributed by atoms with E-state index in [4.69, 9.17) is 4.98 Å². The van der Waals surface area contributed by atoms with Gasteiger partial charge in [-0.2, -0.15) is 0 Å². The van der Waals surface area contributed by atoms with Crippen LogP contribution < -0.4 is 15.4 Å². The summed E-state index contributed by atoms with van der Waals surface area (Å²) in [5, 5.41) is 7.28. The van der Waals surface area contributed by atoms with E-state index in [0.717, 1.165) is 38.3 Å². The highest BCUT2D eigenvalue weighted by Gasteiger charge is 2.16. The molecule has 3 aromatic carbocycles. The van der Waals surface area contributed by atoms with Crippen LogP contribution in [0.5, 0.6) is 0 Å². The number of anilines is 3. The quantitative estimate of drug-likeness (QED) is 0.148. The lowest BCUT2D eigenvalue weighted by Gasteiger charge is -2.17. The first kappa shape index (κ1) is 31.0. The largest absolute Gasteiger partial charge is 0.346 e. The Bertz CT molecular complexity index is 1910. The Kier molecular flexibility index (Phi) is 9.17. The molecule has 9 nitrogen and oxygen atoms in total. The SMILES string of the molecule is Cc1ccc(C(C)NC(=O)c2ccc(Sc3ccc(NS(C)(=O)=O)cc3)c(Nc3ncnc4nc(C(C)C)ccc34)c2)cc1. The second-order valence-electron chi connectivity index (χ2n) is 10.9. The lowest BCUT2D eigenvalue weighted by atomic mass is 10.1. The van der Waals surface area contributed by atoms with Gasteiger partial charge in [0, 0.05) is 26.7 Å². The van der Waals surface area contributed by atoms with Crippen molar-refractivity contribution in [3.05, 3.63) is 108 Å². The maximum Gasteiger partial charge on any atom is 0.251 e. The first-order valence-electron chi connectivity index (χ1n) is 14.1. The highest BCUT2D eigenvalue weighted by Crippen LogP contribution is 2.37. The normalized spacial score (nSPS) is 12.2. The maximum absolute atomic E-state index is 13.4. The van der Waals surface area contributed by atoms with E-state index in [0.29, 0.717) is 28.4 Å². The highest BCUT2D eigenvalue weighted by molar-refractivity contribution is 7.99. The van der Waals surface area contributed by atoms with Crippen molar-refractivity contribution in [3.8, 4) is 0 Å². The number of benzene rings is 3. The third kappa shape index (κ3) is 7.72. The Morgan fingerprint density at radius 1 is 0.886 bits per heavy atom. The summed E-state index contributed by atoms with van der Waals surface area (Å²) in [5.74, 6) is 0.618. The number of amides is 1. The minimum absolute atomic E-state index is 0.181. The fraction of sp³-hybridized carbons (Fsp3) is 0.212. The van der Waals surface area contributed by atoms with Crippen molar-refractivity contribution < 1.29 is 13.2 Å². The molecule has 0 aliphatic carbocycles. The van der Waals surface area contributed by atoms with E-state index in [1.165, 1.54) is 18.1 Å². The third-order valence-electron chi connectivity index (χ3n) is 6.92. The van der Waals surface area contributed by atoms with Crippen LogP contribution in [0.2, 0.25) is 0 Å². The number of hydrogen-bond acceptors (Lipinski definition) is 8. The molecule has 0 aliphatic rings. The van der Waals surface area contributed by atoms with Gasteiger partial charge in [-0.15, -0.1) is 0 Å². The summed E-state index contributed by atoms with van der Waals surface area (Å²) in [6, 6.07) is 24.4. The van der Waals surface area contributed by atoms with Crippen LogP contribution in [0.15, 0.2) is 95.0 Å². The van der Waals surface area contributed by atoms with Gasteiger partial charge in [0.15, 0.2) is 5.65 Å². The van der Waals surface area contributed by atoms with Crippen molar-refractivity contribution in [1.29, 1.82) is 0 Å². The van der Waals surface area contributed by atoms with Gasteiger partial charge in [-0.1, -0.05) is 55.4 Å². The summed E-state index contributed by atoms with van der Waals surface area (Å²) >= 11 is 1.47. The van der Waals surface area contributed by atoms with Crippen molar-refractivity contribution in [1.82, 2.24) is 20.3 Å². The molecule has 1 amide bonds. The monoisotopic (exact) mass is 626 g/mol. The molecule has 5 aromatic rings. The predicted molar refractivity (Wildman–Crippen MR) is 177 cm³/mol. The molecule has 0 bridgehead atoms. The van der Waals surface area contributed by atoms with E-state index >= 15 is 0 Å². The predicted octanol–water partition coefficient (Wildman–Crippen LogP) is 7.21. The number of carbonyl (C=O) groups excluding carboxylic acids is 1. The molecule has 0 aliphatic heterocycles. The average molecular weight is 627 g/mol. The van der Waals surface area contributed by atoms with Gasteiger partial charge in [-0.25, -0.2) is 23.4 Å². The van der Waals surface area contributed by atoms with Crippen molar-refractivity contribution >= 4 is 55.9 Å². The van der Waals surface area contributed by atoms with E-state index in [1.54, 1.807) is 18.2 Å². The molecular weight excluding hydrogens is 593 g/mol. The van der Waals surface area contributed by atoms with Gasteiger partial charge in [-0.05, 0) is 79.9 Å².